The maximum Gasteiger partial charge on any atom is 0.125 e. The van der Waals surface area contributed by atoms with E-state index in [1.54, 1.807) is 6.07 Å². The Bertz CT molecular complexity index is 549. The molecule has 2 aromatic carbocycles. The monoisotopic (exact) mass is 272 g/mol. The summed E-state index contributed by atoms with van der Waals surface area (Å²) in [5, 5.41) is 3.39. The Morgan fingerprint density at radius 2 is 1.75 bits per heavy atom. The second kappa shape index (κ2) is 6.53. The van der Waals surface area contributed by atoms with E-state index in [-0.39, 0.29) is 5.82 Å². The molecule has 0 heterocycles. The normalized spacial score (nSPS) is 10.8. The predicted molar refractivity (Wildman–Crippen MR) is 82.9 cm³/mol. The van der Waals surface area contributed by atoms with Gasteiger partial charge in [0.15, 0.2) is 0 Å². The van der Waals surface area contributed by atoms with E-state index in [2.05, 4.69) is 43.4 Å². The first kappa shape index (κ1) is 14.5. The highest BCUT2D eigenvalue weighted by molar-refractivity contribution is 5.62. The molecule has 2 nitrogen and oxygen atoms in total. The van der Waals surface area contributed by atoms with Crippen LogP contribution < -0.4 is 10.2 Å². The minimum atomic E-state index is -0.216. The SMILES string of the molecule is CC(C)NCc1ccc(N(C)c2cccc(F)c2)cc1. The van der Waals surface area contributed by atoms with Crippen molar-refractivity contribution in [3.63, 3.8) is 0 Å². The number of anilines is 2. The van der Waals surface area contributed by atoms with E-state index in [1.165, 1.54) is 17.7 Å². The van der Waals surface area contributed by atoms with E-state index in [9.17, 15) is 4.39 Å². The van der Waals surface area contributed by atoms with Crippen molar-refractivity contribution >= 4 is 11.4 Å². The van der Waals surface area contributed by atoms with Gasteiger partial charge in [0.05, 0.1) is 0 Å². The third kappa shape index (κ3) is 3.81. The van der Waals surface area contributed by atoms with E-state index in [0.717, 1.165) is 17.9 Å². The maximum atomic E-state index is 13.2. The van der Waals surface area contributed by atoms with Crippen LogP contribution in [0, 0.1) is 5.82 Å². The lowest BCUT2D eigenvalue weighted by Crippen LogP contribution is -2.21. The summed E-state index contributed by atoms with van der Waals surface area (Å²) in [7, 11) is 1.94. The summed E-state index contributed by atoms with van der Waals surface area (Å²) < 4.78 is 13.2. The smallest absolute Gasteiger partial charge is 0.125 e. The van der Waals surface area contributed by atoms with E-state index >= 15 is 0 Å². The molecule has 0 radical (unpaired) electrons. The summed E-state index contributed by atoms with van der Waals surface area (Å²) in [5.74, 6) is -0.216. The van der Waals surface area contributed by atoms with Gasteiger partial charge in [0.25, 0.3) is 0 Å². The molecule has 0 aliphatic carbocycles. The Morgan fingerprint density at radius 1 is 1.05 bits per heavy atom. The first-order valence-corrected chi connectivity index (χ1v) is 6.88. The lowest BCUT2D eigenvalue weighted by Gasteiger charge is -2.20. The van der Waals surface area contributed by atoms with Crippen LogP contribution >= 0.6 is 0 Å². The van der Waals surface area contributed by atoms with Gasteiger partial charge in [0.1, 0.15) is 5.82 Å². The Labute approximate surface area is 120 Å². The van der Waals surface area contributed by atoms with Crippen molar-refractivity contribution in [3.8, 4) is 0 Å². The molecule has 0 aromatic heterocycles. The van der Waals surface area contributed by atoms with Crippen LogP contribution in [-0.4, -0.2) is 13.1 Å². The average molecular weight is 272 g/mol. The van der Waals surface area contributed by atoms with E-state index < -0.39 is 0 Å². The molecule has 0 fully saturated rings. The zero-order valence-electron chi connectivity index (χ0n) is 12.2. The lowest BCUT2D eigenvalue weighted by molar-refractivity contribution is 0.589. The van der Waals surface area contributed by atoms with Crippen LogP contribution in [0.2, 0.25) is 0 Å². The van der Waals surface area contributed by atoms with Gasteiger partial charge in [-0.15, -0.1) is 0 Å². The fourth-order valence-electron chi connectivity index (χ4n) is 1.99. The molecule has 0 aliphatic heterocycles. The highest BCUT2D eigenvalue weighted by Crippen LogP contribution is 2.24. The van der Waals surface area contributed by atoms with Crippen molar-refractivity contribution in [1.29, 1.82) is 0 Å². The van der Waals surface area contributed by atoms with Gasteiger partial charge in [-0.05, 0) is 35.9 Å². The van der Waals surface area contributed by atoms with Gasteiger partial charge in [-0.1, -0.05) is 32.0 Å². The van der Waals surface area contributed by atoms with Crippen molar-refractivity contribution in [2.45, 2.75) is 26.4 Å². The van der Waals surface area contributed by atoms with Crippen molar-refractivity contribution in [3.05, 3.63) is 59.9 Å². The summed E-state index contributed by atoms with van der Waals surface area (Å²) in [5.41, 5.74) is 3.14. The van der Waals surface area contributed by atoms with Crippen molar-refractivity contribution in [2.75, 3.05) is 11.9 Å². The zero-order chi connectivity index (χ0) is 14.5. The molecule has 0 aliphatic rings. The average Bonchev–Trinajstić information content (AvgIpc) is 2.45. The van der Waals surface area contributed by atoms with Gasteiger partial charge < -0.3 is 10.2 Å². The largest absolute Gasteiger partial charge is 0.345 e. The molecule has 0 amide bonds. The van der Waals surface area contributed by atoms with Crippen LogP contribution in [0.1, 0.15) is 19.4 Å². The van der Waals surface area contributed by atoms with Gasteiger partial charge in [0, 0.05) is 31.0 Å². The molecule has 0 saturated carbocycles. The number of nitrogens with zero attached hydrogens (tertiary/aromatic N) is 1. The fraction of sp³-hybridized carbons (Fsp3) is 0.294. The number of hydrogen-bond donors (Lipinski definition) is 1. The lowest BCUT2D eigenvalue weighted by atomic mass is 10.1. The number of halogens is 1. The van der Waals surface area contributed by atoms with Crippen LogP contribution in [0.3, 0.4) is 0 Å². The van der Waals surface area contributed by atoms with Crippen LogP contribution in [0.25, 0.3) is 0 Å². The standard InChI is InChI=1S/C17H21FN2/c1-13(2)19-12-14-7-9-16(10-8-14)20(3)17-6-4-5-15(18)11-17/h4-11,13,19H,12H2,1-3H3. The van der Waals surface area contributed by atoms with Gasteiger partial charge in [0.2, 0.25) is 0 Å². The van der Waals surface area contributed by atoms with E-state index in [0.29, 0.717) is 6.04 Å². The molecule has 0 spiro atoms. The highest BCUT2D eigenvalue weighted by atomic mass is 19.1. The molecule has 0 bridgehead atoms. The Morgan fingerprint density at radius 3 is 2.35 bits per heavy atom. The second-order valence-electron chi connectivity index (χ2n) is 5.24. The summed E-state index contributed by atoms with van der Waals surface area (Å²) in [4.78, 5) is 1.97. The summed E-state index contributed by atoms with van der Waals surface area (Å²) in [6, 6.07) is 15.4. The summed E-state index contributed by atoms with van der Waals surface area (Å²) >= 11 is 0. The van der Waals surface area contributed by atoms with E-state index in [1.807, 2.05) is 18.0 Å². The van der Waals surface area contributed by atoms with Crippen molar-refractivity contribution in [1.82, 2.24) is 5.32 Å². The first-order chi connectivity index (χ1) is 9.56. The molecule has 106 valence electrons. The number of benzene rings is 2. The predicted octanol–water partition coefficient (Wildman–Crippen LogP) is 4.09. The van der Waals surface area contributed by atoms with Crippen molar-refractivity contribution < 1.29 is 4.39 Å². The second-order valence-corrected chi connectivity index (χ2v) is 5.24. The molecule has 0 atom stereocenters. The maximum absolute atomic E-state index is 13.2. The van der Waals surface area contributed by atoms with Gasteiger partial charge >= 0.3 is 0 Å². The summed E-state index contributed by atoms with van der Waals surface area (Å²) in [6.07, 6.45) is 0. The highest BCUT2D eigenvalue weighted by Gasteiger charge is 2.05. The first-order valence-electron chi connectivity index (χ1n) is 6.88. The molecule has 2 rings (SSSR count). The molecule has 0 unspecified atom stereocenters. The molecular weight excluding hydrogens is 251 g/mol. The molecule has 0 saturated heterocycles. The topological polar surface area (TPSA) is 15.3 Å². The van der Waals surface area contributed by atoms with Crippen LogP contribution in [0.15, 0.2) is 48.5 Å². The van der Waals surface area contributed by atoms with Crippen molar-refractivity contribution in [2.24, 2.45) is 0 Å². The van der Waals surface area contributed by atoms with E-state index in [4.69, 9.17) is 0 Å². The fourth-order valence-corrected chi connectivity index (χ4v) is 1.99. The number of nitrogens with one attached hydrogen (secondary N) is 1. The number of rotatable bonds is 5. The quantitative estimate of drug-likeness (QED) is 0.882. The van der Waals surface area contributed by atoms with Crippen LogP contribution in [0.4, 0.5) is 15.8 Å². The van der Waals surface area contributed by atoms with Crippen LogP contribution in [0.5, 0.6) is 0 Å². The molecule has 3 heteroatoms. The van der Waals surface area contributed by atoms with Gasteiger partial charge in [-0.3, -0.25) is 0 Å². The van der Waals surface area contributed by atoms with Gasteiger partial charge in [-0.2, -0.15) is 0 Å². The number of hydrogen-bond acceptors (Lipinski definition) is 2. The minimum absolute atomic E-state index is 0.216. The summed E-state index contributed by atoms with van der Waals surface area (Å²) in [6.45, 7) is 5.12. The minimum Gasteiger partial charge on any atom is -0.345 e. The third-order valence-electron chi connectivity index (χ3n) is 3.23. The van der Waals surface area contributed by atoms with Crippen LogP contribution in [-0.2, 0) is 6.54 Å². The zero-order valence-corrected chi connectivity index (χ0v) is 12.2. The van der Waals surface area contributed by atoms with Gasteiger partial charge in [-0.25, -0.2) is 4.39 Å². The Kier molecular flexibility index (Phi) is 4.74. The third-order valence-corrected chi connectivity index (χ3v) is 3.23. The Hall–Kier alpha value is -1.87. The molecule has 2 aromatic rings. The Balaban J connectivity index is 2.09. The molecular formula is C17H21FN2. The molecule has 1 N–H and O–H groups in total. The molecule has 20 heavy (non-hydrogen) atoms.